The maximum atomic E-state index is 13.2. The van der Waals surface area contributed by atoms with Gasteiger partial charge in [0.25, 0.3) is 8.32 Å². The first-order valence-corrected chi connectivity index (χ1v) is 17.2. The molecular weight excluding hydrogens is 598 g/mol. The van der Waals surface area contributed by atoms with Crippen LogP contribution in [0.5, 0.6) is 0 Å². The highest BCUT2D eigenvalue weighted by molar-refractivity contribution is 6.99. The molecule has 0 amide bonds. The van der Waals surface area contributed by atoms with E-state index in [-0.39, 0.29) is 18.3 Å². The Morgan fingerprint density at radius 2 is 1.39 bits per heavy atom. The van der Waals surface area contributed by atoms with Crippen LogP contribution in [-0.2, 0) is 25.2 Å². The van der Waals surface area contributed by atoms with Crippen molar-refractivity contribution in [3.8, 4) is 0 Å². The largest absolute Gasteiger partial charge is 0.455 e. The molecule has 1 unspecified atom stereocenters. The number of carbonyl (C=O) groups excluding carboxylic acids is 1. The molecule has 0 radical (unpaired) electrons. The van der Waals surface area contributed by atoms with E-state index in [0.717, 1.165) is 15.9 Å². The van der Waals surface area contributed by atoms with Crippen molar-refractivity contribution in [3.63, 3.8) is 0 Å². The molecule has 238 valence electrons. The minimum Gasteiger partial charge on any atom is -0.455 e. The Morgan fingerprint density at radius 3 is 1.91 bits per heavy atom. The summed E-state index contributed by atoms with van der Waals surface area (Å²) in [6.45, 7) is 6.57. The Morgan fingerprint density at radius 1 is 0.870 bits per heavy atom. The highest BCUT2D eigenvalue weighted by Crippen LogP contribution is 2.38. The Hall–Kier alpha value is -4.28. The molecule has 46 heavy (non-hydrogen) atoms. The van der Waals surface area contributed by atoms with Gasteiger partial charge in [-0.3, -0.25) is 0 Å². The van der Waals surface area contributed by atoms with Crippen molar-refractivity contribution in [1.82, 2.24) is 0 Å². The number of aliphatic hydroxyl groups excluding tert-OH is 1. The van der Waals surface area contributed by atoms with E-state index in [1.54, 1.807) is 30.3 Å². The van der Waals surface area contributed by atoms with Gasteiger partial charge >= 0.3 is 5.97 Å². The molecule has 4 aromatic rings. The molecule has 4 aromatic carbocycles. The first-order valence-electron chi connectivity index (χ1n) is 15.3. The molecule has 1 aliphatic rings. The molecule has 5 atom stereocenters. The van der Waals surface area contributed by atoms with Gasteiger partial charge in [0.1, 0.15) is 24.4 Å². The van der Waals surface area contributed by atoms with Crippen LogP contribution in [0, 0.1) is 0 Å². The van der Waals surface area contributed by atoms with Crippen LogP contribution in [-0.4, -0.2) is 56.6 Å². The first-order chi connectivity index (χ1) is 22.2. The third kappa shape index (κ3) is 7.23. The summed E-state index contributed by atoms with van der Waals surface area (Å²) in [5.41, 5.74) is 10.7. The van der Waals surface area contributed by atoms with E-state index in [1.165, 1.54) is 0 Å². The van der Waals surface area contributed by atoms with Gasteiger partial charge in [0, 0.05) is 4.91 Å². The Balaban J connectivity index is 1.50. The fraction of sp³-hybridized carbons (Fsp3) is 0.306. The van der Waals surface area contributed by atoms with Crippen LogP contribution < -0.4 is 10.4 Å². The van der Waals surface area contributed by atoms with E-state index in [1.807, 2.05) is 66.7 Å². The molecule has 10 heteroatoms. The maximum Gasteiger partial charge on any atom is 0.338 e. The zero-order valence-corrected chi connectivity index (χ0v) is 27.2. The molecule has 1 saturated heterocycles. The summed E-state index contributed by atoms with van der Waals surface area (Å²) in [5, 5.41) is 17.5. The van der Waals surface area contributed by atoms with Gasteiger partial charge in [-0.2, -0.15) is 0 Å². The van der Waals surface area contributed by atoms with E-state index in [4.69, 9.17) is 18.6 Å². The summed E-state index contributed by atoms with van der Waals surface area (Å²) in [5.74, 6) is -0.668. The second kappa shape index (κ2) is 14.9. The molecule has 9 nitrogen and oxygen atoms in total. The van der Waals surface area contributed by atoms with Gasteiger partial charge in [0.2, 0.25) is 0 Å². The molecule has 0 bridgehead atoms. The highest BCUT2D eigenvalue weighted by Gasteiger charge is 2.53. The summed E-state index contributed by atoms with van der Waals surface area (Å²) in [6.07, 6.45) is -4.79. The molecule has 5 rings (SSSR count). The smallest absolute Gasteiger partial charge is 0.338 e. The average Bonchev–Trinajstić information content (AvgIpc) is 3.08. The minimum absolute atomic E-state index is 0.0397. The number of rotatable bonds is 11. The molecule has 0 aromatic heterocycles. The maximum absolute atomic E-state index is 13.2. The van der Waals surface area contributed by atoms with Crippen molar-refractivity contribution in [3.05, 3.63) is 143 Å². The number of carbonyl (C=O) groups is 1. The Bertz CT molecular complexity index is 1560. The van der Waals surface area contributed by atoms with E-state index >= 15 is 0 Å². The first kappa shape index (κ1) is 33.1. The predicted molar refractivity (Wildman–Crippen MR) is 178 cm³/mol. The summed E-state index contributed by atoms with van der Waals surface area (Å²) in [7, 11) is -3.02. The lowest BCUT2D eigenvalue weighted by Crippen LogP contribution is -2.68. The van der Waals surface area contributed by atoms with E-state index < -0.39 is 44.9 Å². The van der Waals surface area contributed by atoms with Crippen LogP contribution in [0.25, 0.3) is 10.4 Å². The Kier molecular flexibility index (Phi) is 10.7. The van der Waals surface area contributed by atoms with Gasteiger partial charge in [-0.1, -0.05) is 135 Å². The number of benzene rings is 4. The molecule has 0 aliphatic carbocycles. The van der Waals surface area contributed by atoms with Gasteiger partial charge in [-0.25, -0.2) is 4.79 Å². The third-order valence-electron chi connectivity index (χ3n) is 8.22. The van der Waals surface area contributed by atoms with Crippen LogP contribution in [0.2, 0.25) is 5.04 Å². The van der Waals surface area contributed by atoms with E-state index in [9.17, 15) is 15.4 Å². The molecule has 1 heterocycles. The normalized spacial score (nSPS) is 21.6. The fourth-order valence-electron chi connectivity index (χ4n) is 5.98. The van der Waals surface area contributed by atoms with Gasteiger partial charge in [0.05, 0.1) is 18.8 Å². The van der Waals surface area contributed by atoms with E-state index in [2.05, 4.69) is 55.1 Å². The standard InChI is InChI=1S/C36H39N3O6Si/c1-36(2,3)46(28-20-12-6-13-21-28,29-22-14-7-15-23-29)43-25-30-32(40)33(45-34(41)27-18-10-5-11-19-27)31(38-39-37)35(44-30)42-24-26-16-8-4-9-17-26/h4-23,30-33,35,40H,24-25H2,1-3H3/t30-,31-,32-,33-,35?/m1/s1. The molecule has 1 fully saturated rings. The van der Waals surface area contributed by atoms with Crippen LogP contribution in [0.15, 0.2) is 126 Å². The van der Waals surface area contributed by atoms with E-state index in [0.29, 0.717) is 5.56 Å². The van der Waals surface area contributed by atoms with Crippen molar-refractivity contribution in [2.24, 2.45) is 5.11 Å². The topological polar surface area (TPSA) is 123 Å². The monoisotopic (exact) mass is 637 g/mol. The fourth-order valence-corrected chi connectivity index (χ4v) is 10.6. The number of hydrogen-bond acceptors (Lipinski definition) is 7. The zero-order valence-electron chi connectivity index (χ0n) is 26.2. The predicted octanol–water partition coefficient (Wildman–Crippen LogP) is 5.77. The van der Waals surface area contributed by atoms with Crippen LogP contribution >= 0.6 is 0 Å². The van der Waals surface area contributed by atoms with Crippen molar-refractivity contribution in [2.45, 2.75) is 63.1 Å². The summed E-state index contributed by atoms with van der Waals surface area (Å²) in [6, 6.07) is 37.0. The summed E-state index contributed by atoms with van der Waals surface area (Å²) >= 11 is 0. The minimum atomic E-state index is -3.02. The lowest BCUT2D eigenvalue weighted by atomic mass is 9.97. The van der Waals surface area contributed by atoms with Gasteiger partial charge in [0.15, 0.2) is 6.29 Å². The summed E-state index contributed by atoms with van der Waals surface area (Å²) in [4.78, 5) is 16.2. The number of ether oxygens (including phenoxy) is 3. The molecule has 1 aliphatic heterocycles. The molecular formula is C36H39N3O6Si. The molecule has 1 N–H and O–H groups in total. The van der Waals surface area contributed by atoms with Crippen LogP contribution in [0.3, 0.4) is 0 Å². The zero-order chi connectivity index (χ0) is 32.6. The Labute approximate surface area is 270 Å². The second-order valence-corrected chi connectivity index (χ2v) is 16.5. The lowest BCUT2D eigenvalue weighted by Gasteiger charge is -2.46. The highest BCUT2D eigenvalue weighted by atomic mass is 28.4. The van der Waals surface area contributed by atoms with Crippen LogP contribution in [0.4, 0.5) is 0 Å². The summed E-state index contributed by atoms with van der Waals surface area (Å²) < 4.78 is 25.5. The number of hydrogen-bond donors (Lipinski definition) is 1. The number of esters is 1. The number of nitrogens with zero attached hydrogens (tertiary/aromatic N) is 3. The quantitative estimate of drug-likeness (QED) is 0.0733. The number of azide groups is 1. The lowest BCUT2D eigenvalue weighted by molar-refractivity contribution is -0.267. The molecule has 0 spiro atoms. The van der Waals surface area contributed by atoms with Gasteiger partial charge in [-0.15, -0.1) is 0 Å². The van der Waals surface area contributed by atoms with Crippen molar-refractivity contribution >= 4 is 24.7 Å². The SMILES string of the molecule is CC(C)(C)[Si](OC[C@H]1OC(OCc2ccccc2)[C@H](N=[N+]=[N-])[C@@H](OC(=O)c2ccccc2)[C@@H]1O)(c1ccccc1)c1ccccc1. The van der Waals surface area contributed by atoms with Crippen molar-refractivity contribution < 1.29 is 28.5 Å². The third-order valence-corrected chi connectivity index (χ3v) is 13.2. The van der Waals surface area contributed by atoms with Crippen molar-refractivity contribution in [2.75, 3.05) is 6.61 Å². The van der Waals surface area contributed by atoms with Crippen LogP contribution in [0.1, 0.15) is 36.7 Å². The number of aliphatic hydroxyl groups is 1. The second-order valence-electron chi connectivity index (χ2n) is 12.2. The van der Waals surface area contributed by atoms with Gasteiger partial charge in [-0.05, 0) is 38.6 Å². The average molecular weight is 638 g/mol. The molecule has 0 saturated carbocycles. The van der Waals surface area contributed by atoms with Gasteiger partial charge < -0.3 is 23.7 Å². The van der Waals surface area contributed by atoms with Crippen molar-refractivity contribution in [1.29, 1.82) is 0 Å².